The lowest BCUT2D eigenvalue weighted by Crippen LogP contribution is -1.93. The highest BCUT2D eigenvalue weighted by Gasteiger charge is 2.11. The smallest absolute Gasteiger partial charge is 0.270 e. The molecule has 2 aromatic carbocycles. The molecule has 0 fully saturated rings. The van der Waals surface area contributed by atoms with Crippen LogP contribution in [0.3, 0.4) is 0 Å². The highest BCUT2D eigenvalue weighted by atomic mass is 32.2. The summed E-state index contributed by atoms with van der Waals surface area (Å²) in [7, 11) is 3.02. The summed E-state index contributed by atoms with van der Waals surface area (Å²) in [5, 5.41) is 14.6. The van der Waals surface area contributed by atoms with Crippen LogP contribution in [0.1, 0.15) is 5.56 Å². The van der Waals surface area contributed by atoms with E-state index < -0.39 is 4.92 Å². The number of hydrogen-bond donors (Lipinski definition) is 0. The standard InChI is InChI=1S/C15H14N2O4S/c1-20-13-4-3-5-14(9-13)22-15-7-6-12(17(18)19)8-11(15)10-16-21-2/h3-10H,1-2H3. The van der Waals surface area contributed by atoms with Crippen molar-refractivity contribution in [2.75, 3.05) is 14.2 Å². The van der Waals surface area contributed by atoms with Crippen LogP contribution in [0, 0.1) is 10.1 Å². The first-order valence-electron chi connectivity index (χ1n) is 6.31. The number of nitro benzene ring substituents is 1. The van der Waals surface area contributed by atoms with Crippen molar-refractivity contribution in [1.82, 2.24) is 0 Å². The average molecular weight is 318 g/mol. The second kappa shape index (κ2) is 7.46. The molecule has 22 heavy (non-hydrogen) atoms. The Balaban J connectivity index is 2.36. The number of non-ortho nitro benzene ring substituents is 1. The zero-order chi connectivity index (χ0) is 15.9. The third-order valence-electron chi connectivity index (χ3n) is 2.77. The van der Waals surface area contributed by atoms with Gasteiger partial charge in [0.2, 0.25) is 0 Å². The van der Waals surface area contributed by atoms with Crippen molar-refractivity contribution in [2.24, 2.45) is 5.16 Å². The summed E-state index contributed by atoms with van der Waals surface area (Å²) in [6, 6.07) is 12.2. The zero-order valence-electron chi connectivity index (χ0n) is 12.1. The average Bonchev–Trinajstić information content (AvgIpc) is 2.54. The third-order valence-corrected chi connectivity index (χ3v) is 3.85. The van der Waals surface area contributed by atoms with Gasteiger partial charge in [-0.15, -0.1) is 0 Å². The monoisotopic (exact) mass is 318 g/mol. The molecule has 0 saturated carbocycles. The van der Waals surface area contributed by atoms with Crippen LogP contribution in [0.5, 0.6) is 5.75 Å². The first-order valence-corrected chi connectivity index (χ1v) is 7.12. The number of hydrogen-bond acceptors (Lipinski definition) is 6. The maximum Gasteiger partial charge on any atom is 0.270 e. The third kappa shape index (κ3) is 3.98. The molecule has 7 heteroatoms. The van der Waals surface area contributed by atoms with Gasteiger partial charge in [-0.25, -0.2) is 0 Å². The molecule has 2 aromatic rings. The fourth-order valence-corrected chi connectivity index (χ4v) is 2.69. The Labute approximate surface area is 131 Å². The summed E-state index contributed by atoms with van der Waals surface area (Å²) >= 11 is 1.47. The van der Waals surface area contributed by atoms with Gasteiger partial charge < -0.3 is 9.57 Å². The number of nitro groups is 1. The Morgan fingerprint density at radius 2 is 2.05 bits per heavy atom. The van der Waals surface area contributed by atoms with Gasteiger partial charge in [0.25, 0.3) is 5.69 Å². The fourth-order valence-electron chi connectivity index (χ4n) is 1.74. The van der Waals surface area contributed by atoms with E-state index in [0.717, 1.165) is 15.5 Å². The van der Waals surface area contributed by atoms with Crippen molar-refractivity contribution in [3.8, 4) is 5.75 Å². The molecule has 0 aliphatic rings. The van der Waals surface area contributed by atoms with Gasteiger partial charge in [0.1, 0.15) is 12.9 Å². The number of benzene rings is 2. The molecular formula is C15H14N2O4S. The molecule has 0 aliphatic carbocycles. The van der Waals surface area contributed by atoms with Crippen molar-refractivity contribution in [3.63, 3.8) is 0 Å². The van der Waals surface area contributed by atoms with Gasteiger partial charge >= 0.3 is 0 Å². The molecule has 0 saturated heterocycles. The Kier molecular flexibility index (Phi) is 5.37. The van der Waals surface area contributed by atoms with Gasteiger partial charge in [0.05, 0.1) is 18.2 Å². The predicted octanol–water partition coefficient (Wildman–Crippen LogP) is 3.73. The molecule has 0 unspecified atom stereocenters. The molecular weight excluding hydrogens is 304 g/mol. The molecule has 0 radical (unpaired) electrons. The minimum atomic E-state index is -0.440. The maximum atomic E-state index is 10.9. The van der Waals surface area contributed by atoms with Gasteiger partial charge in [-0.1, -0.05) is 23.0 Å². The van der Waals surface area contributed by atoms with Gasteiger partial charge in [0, 0.05) is 27.5 Å². The predicted molar refractivity (Wildman–Crippen MR) is 84.8 cm³/mol. The lowest BCUT2D eigenvalue weighted by atomic mass is 10.2. The van der Waals surface area contributed by atoms with Crippen LogP contribution in [-0.4, -0.2) is 25.4 Å². The van der Waals surface area contributed by atoms with E-state index in [9.17, 15) is 10.1 Å². The normalized spacial score (nSPS) is 10.6. The van der Waals surface area contributed by atoms with Crippen molar-refractivity contribution in [1.29, 1.82) is 0 Å². The summed E-state index contributed by atoms with van der Waals surface area (Å²) in [6.07, 6.45) is 1.45. The molecule has 0 aliphatic heterocycles. The number of rotatable bonds is 6. The summed E-state index contributed by atoms with van der Waals surface area (Å²) in [5.74, 6) is 0.749. The van der Waals surface area contributed by atoms with Crippen LogP contribution in [0.15, 0.2) is 57.4 Å². The second-order valence-corrected chi connectivity index (χ2v) is 5.29. The Morgan fingerprint density at radius 3 is 2.73 bits per heavy atom. The Bertz CT molecular complexity index is 704. The first-order chi connectivity index (χ1) is 10.6. The number of ether oxygens (including phenoxy) is 1. The van der Waals surface area contributed by atoms with E-state index >= 15 is 0 Å². The number of oxime groups is 1. The van der Waals surface area contributed by atoms with Crippen molar-refractivity contribution in [3.05, 3.63) is 58.1 Å². The quantitative estimate of drug-likeness (QED) is 0.461. The lowest BCUT2D eigenvalue weighted by Gasteiger charge is -2.07. The van der Waals surface area contributed by atoms with Crippen LogP contribution in [0.2, 0.25) is 0 Å². The molecule has 6 nitrogen and oxygen atoms in total. The topological polar surface area (TPSA) is 74.0 Å². The van der Waals surface area contributed by atoms with Crippen LogP contribution in [0.4, 0.5) is 5.69 Å². The van der Waals surface area contributed by atoms with Gasteiger partial charge in [-0.05, 0) is 24.3 Å². The molecule has 0 amide bonds. The van der Waals surface area contributed by atoms with E-state index in [1.807, 2.05) is 24.3 Å². The zero-order valence-corrected chi connectivity index (χ0v) is 12.9. The highest BCUT2D eigenvalue weighted by molar-refractivity contribution is 7.99. The van der Waals surface area contributed by atoms with Gasteiger partial charge in [0.15, 0.2) is 0 Å². The van der Waals surface area contributed by atoms with Crippen molar-refractivity contribution >= 4 is 23.7 Å². The summed E-state index contributed by atoms with van der Waals surface area (Å²) in [5.41, 5.74) is 0.622. The lowest BCUT2D eigenvalue weighted by molar-refractivity contribution is -0.384. The van der Waals surface area contributed by atoms with E-state index in [2.05, 4.69) is 9.99 Å². The second-order valence-electron chi connectivity index (χ2n) is 4.18. The molecule has 0 aromatic heterocycles. The molecule has 114 valence electrons. The molecule has 0 spiro atoms. The summed E-state index contributed by atoms with van der Waals surface area (Å²) in [6.45, 7) is 0. The molecule has 2 rings (SSSR count). The van der Waals surface area contributed by atoms with Crippen molar-refractivity contribution in [2.45, 2.75) is 9.79 Å². The van der Waals surface area contributed by atoms with E-state index in [1.54, 1.807) is 13.2 Å². The van der Waals surface area contributed by atoms with Gasteiger partial charge in [-0.3, -0.25) is 10.1 Å². The number of methoxy groups -OCH3 is 1. The minimum Gasteiger partial charge on any atom is -0.497 e. The van der Waals surface area contributed by atoms with Crippen LogP contribution in [0.25, 0.3) is 0 Å². The van der Waals surface area contributed by atoms with Crippen LogP contribution < -0.4 is 4.74 Å². The maximum absolute atomic E-state index is 10.9. The van der Waals surface area contributed by atoms with E-state index in [-0.39, 0.29) is 5.69 Å². The molecule has 0 bridgehead atoms. The molecule has 0 atom stereocenters. The number of nitrogens with zero attached hydrogens (tertiary/aromatic N) is 2. The molecule has 0 heterocycles. The van der Waals surface area contributed by atoms with E-state index in [4.69, 9.17) is 4.74 Å². The minimum absolute atomic E-state index is 0.00699. The van der Waals surface area contributed by atoms with E-state index in [1.165, 1.54) is 37.2 Å². The fraction of sp³-hybridized carbons (Fsp3) is 0.133. The Hall–Kier alpha value is -2.54. The van der Waals surface area contributed by atoms with Crippen LogP contribution >= 0.6 is 11.8 Å². The van der Waals surface area contributed by atoms with E-state index in [0.29, 0.717) is 5.56 Å². The van der Waals surface area contributed by atoms with Crippen LogP contribution in [-0.2, 0) is 4.84 Å². The first kappa shape index (κ1) is 15.8. The van der Waals surface area contributed by atoms with Crippen molar-refractivity contribution < 1.29 is 14.5 Å². The highest BCUT2D eigenvalue weighted by Crippen LogP contribution is 2.33. The molecule has 0 N–H and O–H groups in total. The summed E-state index contributed by atoms with van der Waals surface area (Å²) in [4.78, 5) is 16.9. The Morgan fingerprint density at radius 1 is 1.23 bits per heavy atom. The summed E-state index contributed by atoms with van der Waals surface area (Å²) < 4.78 is 5.19. The van der Waals surface area contributed by atoms with Gasteiger partial charge in [-0.2, -0.15) is 0 Å². The SMILES string of the molecule is CON=Cc1cc([N+](=O)[O-])ccc1Sc1cccc(OC)c1. The largest absolute Gasteiger partial charge is 0.497 e.